The molecule has 1 spiro atoms. The van der Waals surface area contributed by atoms with Gasteiger partial charge in [-0.05, 0) is 99.3 Å². The number of halogens is 2. The number of piperidine rings is 1. The first-order valence-electron chi connectivity index (χ1n) is 13.8. The number of hydrogen-bond acceptors (Lipinski definition) is 3. The van der Waals surface area contributed by atoms with Crippen molar-refractivity contribution in [2.45, 2.75) is 50.5 Å². The van der Waals surface area contributed by atoms with Crippen molar-refractivity contribution >= 4 is 11.6 Å². The van der Waals surface area contributed by atoms with Gasteiger partial charge >= 0.3 is 0 Å². The van der Waals surface area contributed by atoms with E-state index in [1.54, 1.807) is 23.1 Å². The highest BCUT2D eigenvalue weighted by atomic mass is 19.1. The molecule has 1 unspecified atom stereocenters. The average Bonchev–Trinajstić information content (AvgIpc) is 2.92. The van der Waals surface area contributed by atoms with Crippen LogP contribution in [0.25, 0.3) is 0 Å². The minimum atomic E-state index is -0.356. The lowest BCUT2D eigenvalue weighted by molar-refractivity contribution is -0.132. The van der Waals surface area contributed by atoms with E-state index in [4.69, 9.17) is 0 Å². The largest absolute Gasteiger partial charge is 0.359 e. The highest BCUT2D eigenvalue weighted by Crippen LogP contribution is 2.47. The number of anilines is 1. The van der Waals surface area contributed by atoms with E-state index >= 15 is 0 Å². The molecular weight excluding hydrogens is 492 g/mol. The molecule has 2 heterocycles. The van der Waals surface area contributed by atoms with E-state index in [0.717, 1.165) is 67.0 Å². The molecule has 0 bridgehead atoms. The number of aryl methyl sites for hydroxylation is 1. The van der Waals surface area contributed by atoms with E-state index in [1.807, 2.05) is 20.0 Å². The predicted octanol–water partition coefficient (Wildman–Crippen LogP) is 6.77. The van der Waals surface area contributed by atoms with Crippen LogP contribution in [0, 0.1) is 18.6 Å². The summed E-state index contributed by atoms with van der Waals surface area (Å²) in [6, 6.07) is 19.5. The number of carbonyl (C=O) groups excluding carboxylic acids is 1. The van der Waals surface area contributed by atoms with Crippen molar-refractivity contribution in [1.82, 2.24) is 9.80 Å². The Morgan fingerprint density at radius 3 is 2.38 bits per heavy atom. The van der Waals surface area contributed by atoms with Crippen LogP contribution in [0.15, 0.2) is 79.0 Å². The van der Waals surface area contributed by atoms with Crippen LogP contribution in [-0.4, -0.2) is 42.4 Å². The van der Waals surface area contributed by atoms with E-state index in [9.17, 15) is 13.6 Å². The fourth-order valence-electron chi connectivity index (χ4n) is 6.20. The van der Waals surface area contributed by atoms with Crippen LogP contribution in [0.3, 0.4) is 0 Å². The maximum atomic E-state index is 14.2. The molecule has 0 radical (unpaired) electrons. The van der Waals surface area contributed by atoms with Crippen molar-refractivity contribution < 1.29 is 13.6 Å². The first-order chi connectivity index (χ1) is 18.7. The Labute approximate surface area is 230 Å². The van der Waals surface area contributed by atoms with Gasteiger partial charge in [-0.25, -0.2) is 8.78 Å². The minimum Gasteiger partial charge on any atom is -0.359 e. The van der Waals surface area contributed by atoms with Gasteiger partial charge in [0.1, 0.15) is 11.6 Å². The molecule has 1 saturated heterocycles. The summed E-state index contributed by atoms with van der Waals surface area (Å²) in [5.41, 5.74) is 5.96. The van der Waals surface area contributed by atoms with E-state index < -0.39 is 0 Å². The number of fused-ring (bicyclic) bond motifs is 2. The molecule has 5 rings (SSSR count). The van der Waals surface area contributed by atoms with Crippen molar-refractivity contribution in [3.63, 3.8) is 0 Å². The fourth-order valence-corrected chi connectivity index (χ4v) is 6.20. The van der Waals surface area contributed by atoms with Gasteiger partial charge in [0.15, 0.2) is 0 Å². The number of amides is 1. The summed E-state index contributed by atoms with van der Waals surface area (Å²) in [4.78, 5) is 17.9. The number of hydrogen-bond donors (Lipinski definition) is 1. The summed E-state index contributed by atoms with van der Waals surface area (Å²) >= 11 is 0. The second-order valence-corrected chi connectivity index (χ2v) is 11.3. The number of likely N-dealkylation sites (N-methyl/N-ethyl adjacent to an activating group) is 1. The number of nitrogens with one attached hydrogen (secondary N) is 1. The van der Waals surface area contributed by atoms with E-state index in [0.29, 0.717) is 13.0 Å². The number of nitrogens with zero attached hydrogens (tertiary/aromatic N) is 2. The molecule has 2 aliphatic rings. The zero-order chi connectivity index (χ0) is 27.6. The Hall–Kier alpha value is -3.51. The third-order valence-corrected chi connectivity index (χ3v) is 8.45. The van der Waals surface area contributed by atoms with Crippen molar-refractivity contribution in [3.05, 3.63) is 113 Å². The van der Waals surface area contributed by atoms with Crippen molar-refractivity contribution in [2.75, 3.05) is 32.0 Å². The topological polar surface area (TPSA) is 35.6 Å². The summed E-state index contributed by atoms with van der Waals surface area (Å²) in [6.07, 6.45) is 3.27. The Bertz CT molecular complexity index is 1330. The summed E-state index contributed by atoms with van der Waals surface area (Å²) in [5, 5.41) is 3.33. The zero-order valence-corrected chi connectivity index (χ0v) is 22.9. The smallest absolute Gasteiger partial charge is 0.230 e. The molecule has 2 aliphatic heterocycles. The third kappa shape index (κ3) is 6.06. The first-order valence-corrected chi connectivity index (χ1v) is 13.8. The molecule has 3 aromatic rings. The van der Waals surface area contributed by atoms with Crippen LogP contribution < -0.4 is 5.32 Å². The Balaban J connectivity index is 1.27. The summed E-state index contributed by atoms with van der Waals surface area (Å²) < 4.78 is 27.9. The van der Waals surface area contributed by atoms with Crippen molar-refractivity contribution in [1.29, 1.82) is 0 Å². The van der Waals surface area contributed by atoms with Crippen LogP contribution in [0.4, 0.5) is 14.5 Å². The minimum absolute atomic E-state index is 0.0368. The van der Waals surface area contributed by atoms with E-state index in [2.05, 4.69) is 41.1 Å². The van der Waals surface area contributed by atoms with Gasteiger partial charge in [0.25, 0.3) is 0 Å². The number of carbonyl (C=O) groups is 1. The average molecular weight is 530 g/mol. The van der Waals surface area contributed by atoms with Gasteiger partial charge in [0.2, 0.25) is 5.91 Å². The van der Waals surface area contributed by atoms with Crippen LogP contribution in [0.2, 0.25) is 0 Å². The Kier molecular flexibility index (Phi) is 7.85. The quantitative estimate of drug-likeness (QED) is 0.367. The van der Waals surface area contributed by atoms with Gasteiger partial charge in [-0.2, -0.15) is 0 Å². The number of rotatable bonds is 7. The van der Waals surface area contributed by atoms with Gasteiger partial charge in [0.05, 0.1) is 5.92 Å². The molecule has 204 valence electrons. The molecule has 0 saturated carbocycles. The van der Waals surface area contributed by atoms with Gasteiger partial charge in [-0.3, -0.25) is 4.79 Å². The standard InChI is InChI=1S/C33H37F2N3O/c1-23-4-6-25(7-5-23)22-37(3)32(39)29(26-8-10-27(34)11-9-26)14-17-38-18-15-33(16-19-38)21-24(2)36-31-13-12-28(35)20-30(31)33/h4-13,20,29,36H,2,14-19,21-22H2,1,3H3. The van der Waals surface area contributed by atoms with Gasteiger partial charge in [0, 0.05) is 30.4 Å². The fraction of sp³-hybridized carbons (Fsp3) is 0.364. The summed E-state index contributed by atoms with van der Waals surface area (Å²) in [6.45, 7) is 9.25. The lowest BCUT2D eigenvalue weighted by atomic mass is 9.67. The molecule has 0 aromatic heterocycles. The molecule has 39 heavy (non-hydrogen) atoms. The highest BCUT2D eigenvalue weighted by Gasteiger charge is 2.41. The molecule has 0 aliphatic carbocycles. The predicted molar refractivity (Wildman–Crippen MR) is 153 cm³/mol. The molecule has 1 amide bonds. The molecular formula is C33H37F2N3O. The second-order valence-electron chi connectivity index (χ2n) is 11.3. The molecule has 1 fully saturated rings. The molecule has 3 aromatic carbocycles. The molecule has 1 N–H and O–H groups in total. The molecule has 1 atom stereocenters. The van der Waals surface area contributed by atoms with Crippen LogP contribution in [0.1, 0.15) is 53.9 Å². The summed E-state index contributed by atoms with van der Waals surface area (Å²) in [7, 11) is 1.84. The third-order valence-electron chi connectivity index (χ3n) is 8.45. The van der Waals surface area contributed by atoms with Crippen LogP contribution in [0.5, 0.6) is 0 Å². The Morgan fingerprint density at radius 1 is 1.03 bits per heavy atom. The van der Waals surface area contributed by atoms with Crippen LogP contribution in [-0.2, 0) is 16.8 Å². The van der Waals surface area contributed by atoms with Gasteiger partial charge in [-0.1, -0.05) is 48.5 Å². The number of likely N-dealkylation sites (tertiary alicyclic amines) is 1. The molecule has 4 nitrogen and oxygen atoms in total. The highest BCUT2D eigenvalue weighted by molar-refractivity contribution is 5.83. The van der Waals surface area contributed by atoms with E-state index in [-0.39, 0.29) is 28.9 Å². The number of benzene rings is 3. The second kappa shape index (κ2) is 11.3. The van der Waals surface area contributed by atoms with Gasteiger partial charge < -0.3 is 15.1 Å². The van der Waals surface area contributed by atoms with Gasteiger partial charge in [-0.15, -0.1) is 0 Å². The molecule has 6 heteroatoms. The summed E-state index contributed by atoms with van der Waals surface area (Å²) in [5.74, 6) is -0.833. The van der Waals surface area contributed by atoms with Crippen molar-refractivity contribution in [2.24, 2.45) is 0 Å². The zero-order valence-electron chi connectivity index (χ0n) is 22.9. The lowest BCUT2D eigenvalue weighted by Crippen LogP contribution is -2.45. The monoisotopic (exact) mass is 529 g/mol. The Morgan fingerprint density at radius 2 is 1.69 bits per heavy atom. The van der Waals surface area contributed by atoms with E-state index in [1.165, 1.54) is 23.8 Å². The normalized spacial score (nSPS) is 17.4. The maximum absolute atomic E-state index is 14.2. The van der Waals surface area contributed by atoms with Crippen LogP contribution >= 0.6 is 0 Å². The van der Waals surface area contributed by atoms with Crippen molar-refractivity contribution in [3.8, 4) is 0 Å². The number of allylic oxidation sites excluding steroid dienone is 1. The maximum Gasteiger partial charge on any atom is 0.230 e. The SMILES string of the molecule is C=C1CC2(CCN(CCC(C(=O)N(C)Cc3ccc(C)cc3)c3ccc(F)cc3)CC2)c2cc(F)ccc2N1. The lowest BCUT2D eigenvalue weighted by Gasteiger charge is -2.46. The first kappa shape index (κ1) is 27.1.